The molecule has 1 heterocycles. The molecule has 0 saturated heterocycles. The highest BCUT2D eigenvalue weighted by atomic mass is 35.5. The Morgan fingerprint density at radius 3 is 2.62 bits per heavy atom. The van der Waals surface area contributed by atoms with Crippen LogP contribution in [0.1, 0.15) is 24.4 Å². The van der Waals surface area contributed by atoms with Crippen molar-refractivity contribution in [1.82, 2.24) is 20.1 Å². The Kier molecular flexibility index (Phi) is 5.76. The Balaban J connectivity index is 1.95. The van der Waals surface area contributed by atoms with E-state index in [1.54, 1.807) is 31.2 Å². The van der Waals surface area contributed by atoms with Crippen LogP contribution in [0.2, 0.25) is 5.02 Å². The summed E-state index contributed by atoms with van der Waals surface area (Å²) in [4.78, 5) is 12.0. The molecule has 10 heteroatoms. The van der Waals surface area contributed by atoms with Crippen molar-refractivity contribution in [2.24, 2.45) is 7.05 Å². The van der Waals surface area contributed by atoms with E-state index in [1.807, 2.05) is 0 Å². The molecule has 0 saturated carbocycles. The van der Waals surface area contributed by atoms with E-state index in [0.717, 1.165) is 21.9 Å². The topological polar surface area (TPSA) is 59.8 Å². The fourth-order valence-electron chi connectivity index (χ4n) is 2.00. The number of aromatic nitrogens is 3. The zero-order chi connectivity index (χ0) is 17.9. The number of rotatable bonds is 5. The van der Waals surface area contributed by atoms with Crippen molar-refractivity contribution in [3.8, 4) is 0 Å². The lowest BCUT2D eigenvalue weighted by atomic mass is 10.1. The third kappa shape index (κ3) is 4.41. The van der Waals surface area contributed by atoms with Crippen LogP contribution in [0.5, 0.6) is 0 Å². The highest BCUT2D eigenvalue weighted by Gasteiger charge is 2.37. The number of hydrogen-bond acceptors (Lipinski definition) is 4. The number of alkyl halides is 3. The van der Waals surface area contributed by atoms with Gasteiger partial charge in [-0.3, -0.25) is 4.79 Å². The van der Waals surface area contributed by atoms with Crippen LogP contribution in [-0.4, -0.2) is 26.4 Å². The number of carbonyl (C=O) groups excluding carboxylic acids is 1. The zero-order valence-corrected chi connectivity index (χ0v) is 14.3. The standard InChI is InChI=1S/C14H14ClF3N4OS/c1-8(9-5-3-4-6-10(9)15)19-11(23)7-24-13-21-20-12(22(13)2)14(16,17)18/h3-6,8H,7H2,1-2H3,(H,19,23)/t8-/m0/s1. The summed E-state index contributed by atoms with van der Waals surface area (Å²) < 4.78 is 38.7. The van der Waals surface area contributed by atoms with E-state index in [4.69, 9.17) is 11.6 Å². The fraction of sp³-hybridized carbons (Fsp3) is 0.357. The Morgan fingerprint density at radius 2 is 2.04 bits per heavy atom. The quantitative estimate of drug-likeness (QED) is 0.809. The van der Waals surface area contributed by atoms with Crippen LogP contribution in [0.4, 0.5) is 13.2 Å². The van der Waals surface area contributed by atoms with E-state index >= 15 is 0 Å². The fourth-order valence-corrected chi connectivity index (χ4v) is 3.03. The van der Waals surface area contributed by atoms with Crippen molar-refractivity contribution >= 4 is 29.3 Å². The van der Waals surface area contributed by atoms with Gasteiger partial charge in [0.2, 0.25) is 11.7 Å². The maximum absolute atomic E-state index is 12.6. The van der Waals surface area contributed by atoms with Gasteiger partial charge in [0.1, 0.15) is 0 Å². The van der Waals surface area contributed by atoms with Crippen LogP contribution in [0.3, 0.4) is 0 Å². The summed E-state index contributed by atoms with van der Waals surface area (Å²) >= 11 is 6.93. The second-order valence-electron chi connectivity index (χ2n) is 4.96. The minimum atomic E-state index is -4.58. The van der Waals surface area contributed by atoms with Crippen molar-refractivity contribution in [1.29, 1.82) is 0 Å². The highest BCUT2D eigenvalue weighted by molar-refractivity contribution is 7.99. The molecule has 0 unspecified atom stereocenters. The number of hydrogen-bond donors (Lipinski definition) is 1. The van der Waals surface area contributed by atoms with Gasteiger partial charge in [0.05, 0.1) is 11.8 Å². The summed E-state index contributed by atoms with van der Waals surface area (Å²) in [6, 6.07) is 6.77. The Bertz CT molecular complexity index is 735. The molecule has 1 N–H and O–H groups in total. The molecule has 0 fully saturated rings. The van der Waals surface area contributed by atoms with E-state index in [0.29, 0.717) is 5.02 Å². The van der Waals surface area contributed by atoms with Crippen LogP contribution >= 0.6 is 23.4 Å². The van der Waals surface area contributed by atoms with Gasteiger partial charge in [-0.15, -0.1) is 10.2 Å². The predicted octanol–water partition coefficient (Wildman–Crippen LogP) is 3.46. The number of nitrogens with one attached hydrogen (secondary N) is 1. The van der Waals surface area contributed by atoms with Gasteiger partial charge in [-0.2, -0.15) is 13.2 Å². The predicted molar refractivity (Wildman–Crippen MR) is 84.7 cm³/mol. The van der Waals surface area contributed by atoms with E-state index in [9.17, 15) is 18.0 Å². The monoisotopic (exact) mass is 378 g/mol. The maximum Gasteiger partial charge on any atom is 0.451 e. The molecule has 0 aliphatic carbocycles. The first-order valence-corrected chi connectivity index (χ1v) is 8.19. The summed E-state index contributed by atoms with van der Waals surface area (Å²) in [5.74, 6) is -1.53. The van der Waals surface area contributed by atoms with E-state index in [2.05, 4.69) is 15.5 Å². The molecule has 130 valence electrons. The molecular formula is C14H14ClF3N4OS. The van der Waals surface area contributed by atoms with Crippen molar-refractivity contribution in [3.63, 3.8) is 0 Å². The molecule has 2 aromatic rings. The first kappa shape index (κ1) is 18.6. The second-order valence-corrected chi connectivity index (χ2v) is 6.31. The van der Waals surface area contributed by atoms with Gasteiger partial charge in [-0.1, -0.05) is 41.6 Å². The lowest BCUT2D eigenvalue weighted by Crippen LogP contribution is -2.28. The van der Waals surface area contributed by atoms with E-state index in [-0.39, 0.29) is 22.9 Å². The lowest BCUT2D eigenvalue weighted by molar-refractivity contribution is -0.147. The maximum atomic E-state index is 12.6. The van der Waals surface area contributed by atoms with Crippen LogP contribution in [0.15, 0.2) is 29.4 Å². The first-order chi connectivity index (χ1) is 11.2. The number of amides is 1. The molecule has 5 nitrogen and oxygen atoms in total. The van der Waals surface area contributed by atoms with Crippen LogP contribution in [0, 0.1) is 0 Å². The lowest BCUT2D eigenvalue weighted by Gasteiger charge is -2.15. The Labute approximate surface area is 145 Å². The number of carbonyl (C=O) groups is 1. The summed E-state index contributed by atoms with van der Waals surface area (Å²) in [7, 11) is 1.20. The molecule has 0 bridgehead atoms. The van der Waals surface area contributed by atoms with Crippen molar-refractivity contribution in [2.45, 2.75) is 24.3 Å². The normalized spacial score (nSPS) is 12.9. The minimum Gasteiger partial charge on any atom is -0.349 e. The number of benzene rings is 1. The molecule has 0 radical (unpaired) electrons. The third-order valence-electron chi connectivity index (χ3n) is 3.17. The van der Waals surface area contributed by atoms with Gasteiger partial charge in [0, 0.05) is 12.1 Å². The van der Waals surface area contributed by atoms with Gasteiger partial charge in [-0.25, -0.2) is 0 Å². The molecular weight excluding hydrogens is 365 g/mol. The minimum absolute atomic E-state index is 0.0165. The molecule has 0 aliphatic heterocycles. The summed E-state index contributed by atoms with van der Waals surface area (Å²) in [6.45, 7) is 1.77. The van der Waals surface area contributed by atoms with Crippen molar-refractivity contribution in [3.05, 3.63) is 40.7 Å². The SMILES string of the molecule is C[C@H](NC(=O)CSc1nnc(C(F)(F)F)n1C)c1ccccc1Cl. The average Bonchev–Trinajstić information content (AvgIpc) is 2.86. The van der Waals surface area contributed by atoms with Gasteiger partial charge >= 0.3 is 6.18 Å². The van der Waals surface area contributed by atoms with Crippen molar-refractivity contribution in [2.75, 3.05) is 5.75 Å². The number of thioether (sulfide) groups is 1. The molecule has 1 aromatic heterocycles. The van der Waals surface area contributed by atoms with Gasteiger partial charge < -0.3 is 9.88 Å². The molecule has 1 amide bonds. The highest BCUT2D eigenvalue weighted by Crippen LogP contribution is 2.29. The zero-order valence-electron chi connectivity index (χ0n) is 12.8. The smallest absolute Gasteiger partial charge is 0.349 e. The summed E-state index contributed by atoms with van der Waals surface area (Å²) in [5, 5.41) is 9.85. The first-order valence-electron chi connectivity index (χ1n) is 6.83. The van der Waals surface area contributed by atoms with E-state index < -0.39 is 12.0 Å². The summed E-state index contributed by atoms with van der Waals surface area (Å²) in [6.07, 6.45) is -4.58. The third-order valence-corrected chi connectivity index (χ3v) is 4.53. The Morgan fingerprint density at radius 1 is 1.38 bits per heavy atom. The average molecular weight is 379 g/mol. The van der Waals surface area contributed by atoms with Gasteiger partial charge in [-0.05, 0) is 18.6 Å². The van der Waals surface area contributed by atoms with Gasteiger partial charge in [0.25, 0.3) is 0 Å². The van der Waals surface area contributed by atoms with Crippen LogP contribution in [0.25, 0.3) is 0 Å². The molecule has 0 aliphatic rings. The van der Waals surface area contributed by atoms with Crippen LogP contribution in [-0.2, 0) is 18.0 Å². The molecule has 24 heavy (non-hydrogen) atoms. The second kappa shape index (κ2) is 7.43. The van der Waals surface area contributed by atoms with Crippen molar-refractivity contribution < 1.29 is 18.0 Å². The number of halogens is 4. The van der Waals surface area contributed by atoms with Gasteiger partial charge in [0.15, 0.2) is 5.16 Å². The van der Waals surface area contributed by atoms with Crippen LogP contribution < -0.4 is 5.32 Å². The molecule has 0 spiro atoms. The largest absolute Gasteiger partial charge is 0.451 e. The molecule has 1 aromatic carbocycles. The molecule has 2 rings (SSSR count). The Hall–Kier alpha value is -1.74. The number of nitrogens with zero attached hydrogens (tertiary/aromatic N) is 3. The summed E-state index contributed by atoms with van der Waals surface area (Å²) in [5.41, 5.74) is 0.760. The van der Waals surface area contributed by atoms with E-state index in [1.165, 1.54) is 7.05 Å². The molecule has 1 atom stereocenters.